The highest BCUT2D eigenvalue weighted by Gasteiger charge is 2.49. The predicted octanol–water partition coefficient (Wildman–Crippen LogP) is 2.86. The zero-order valence-corrected chi connectivity index (χ0v) is 16.4. The lowest BCUT2D eigenvalue weighted by Gasteiger charge is -2.22. The van der Waals surface area contributed by atoms with Crippen molar-refractivity contribution in [3.8, 4) is 5.75 Å². The Kier molecular flexibility index (Phi) is 5.18. The molecule has 4 amide bonds. The van der Waals surface area contributed by atoms with Gasteiger partial charge in [0, 0.05) is 10.2 Å². The van der Waals surface area contributed by atoms with Gasteiger partial charge in [0.05, 0.1) is 7.11 Å². The van der Waals surface area contributed by atoms with Gasteiger partial charge in [-0.2, -0.15) is 0 Å². The largest absolute Gasteiger partial charge is 0.497 e. The number of hydrogen-bond donors (Lipinski definition) is 2. The average Bonchev–Trinajstić information content (AvgIpc) is 2.86. The van der Waals surface area contributed by atoms with E-state index in [4.69, 9.17) is 4.74 Å². The Labute approximate surface area is 164 Å². The molecule has 2 aromatic carbocycles. The molecule has 1 atom stereocenters. The number of hydrogen-bond acceptors (Lipinski definition) is 4. The van der Waals surface area contributed by atoms with E-state index in [1.807, 2.05) is 6.07 Å². The van der Waals surface area contributed by atoms with Crippen molar-refractivity contribution < 1.29 is 19.1 Å². The SMILES string of the molecule is COc1ccc(C2(C)NC(=O)N(CC(=O)Nc3cccc(Br)c3)C2=O)cc1. The van der Waals surface area contributed by atoms with Crippen LogP contribution in [0.1, 0.15) is 12.5 Å². The molecule has 2 N–H and O–H groups in total. The maximum atomic E-state index is 12.9. The number of carbonyl (C=O) groups excluding carboxylic acids is 3. The Balaban J connectivity index is 1.74. The molecule has 0 aromatic heterocycles. The van der Waals surface area contributed by atoms with Crippen LogP contribution in [0.2, 0.25) is 0 Å². The lowest BCUT2D eigenvalue weighted by atomic mass is 9.92. The maximum Gasteiger partial charge on any atom is 0.325 e. The molecule has 140 valence electrons. The highest BCUT2D eigenvalue weighted by atomic mass is 79.9. The molecule has 0 bridgehead atoms. The molecule has 0 aliphatic carbocycles. The van der Waals surface area contributed by atoms with Crippen LogP contribution in [0.15, 0.2) is 53.0 Å². The summed E-state index contributed by atoms with van der Waals surface area (Å²) >= 11 is 3.32. The van der Waals surface area contributed by atoms with Crippen molar-refractivity contribution >= 4 is 39.5 Å². The smallest absolute Gasteiger partial charge is 0.325 e. The van der Waals surface area contributed by atoms with Crippen molar-refractivity contribution in [1.29, 1.82) is 0 Å². The lowest BCUT2D eigenvalue weighted by molar-refractivity contribution is -0.133. The first-order chi connectivity index (χ1) is 12.8. The van der Waals surface area contributed by atoms with E-state index in [0.29, 0.717) is 17.0 Å². The van der Waals surface area contributed by atoms with E-state index in [2.05, 4.69) is 26.6 Å². The quantitative estimate of drug-likeness (QED) is 0.712. The molecule has 0 spiro atoms. The fourth-order valence-electron chi connectivity index (χ4n) is 2.87. The number of halogens is 1. The van der Waals surface area contributed by atoms with Crippen LogP contribution < -0.4 is 15.4 Å². The zero-order chi connectivity index (χ0) is 19.6. The van der Waals surface area contributed by atoms with E-state index < -0.39 is 23.4 Å². The molecule has 1 heterocycles. The molecule has 1 fully saturated rings. The second-order valence-corrected chi connectivity index (χ2v) is 7.15. The average molecular weight is 432 g/mol. The summed E-state index contributed by atoms with van der Waals surface area (Å²) in [6.45, 7) is 1.24. The van der Waals surface area contributed by atoms with Gasteiger partial charge in [0.2, 0.25) is 5.91 Å². The summed E-state index contributed by atoms with van der Waals surface area (Å²) in [5, 5.41) is 5.34. The number of carbonyl (C=O) groups is 3. The fraction of sp³-hybridized carbons (Fsp3) is 0.211. The molecule has 3 rings (SSSR count). The summed E-state index contributed by atoms with van der Waals surface area (Å²) < 4.78 is 5.92. The van der Waals surface area contributed by atoms with Crippen LogP contribution in [-0.2, 0) is 15.1 Å². The number of benzene rings is 2. The Bertz CT molecular complexity index is 900. The lowest BCUT2D eigenvalue weighted by Crippen LogP contribution is -2.42. The van der Waals surface area contributed by atoms with Crippen molar-refractivity contribution in [3.63, 3.8) is 0 Å². The normalized spacial score (nSPS) is 19.0. The van der Waals surface area contributed by atoms with Crippen molar-refractivity contribution in [1.82, 2.24) is 10.2 Å². The van der Waals surface area contributed by atoms with Gasteiger partial charge in [-0.1, -0.05) is 34.1 Å². The van der Waals surface area contributed by atoms with Crippen molar-refractivity contribution in [2.45, 2.75) is 12.5 Å². The van der Waals surface area contributed by atoms with Gasteiger partial charge in [-0.15, -0.1) is 0 Å². The Morgan fingerprint density at radius 3 is 2.56 bits per heavy atom. The molecule has 8 heteroatoms. The predicted molar refractivity (Wildman–Crippen MR) is 103 cm³/mol. The molecular formula is C19H18BrN3O4. The summed E-state index contributed by atoms with van der Waals surface area (Å²) in [7, 11) is 1.55. The summed E-state index contributed by atoms with van der Waals surface area (Å²) in [5.74, 6) is -0.304. The van der Waals surface area contributed by atoms with Crippen LogP contribution in [0.3, 0.4) is 0 Å². The highest BCUT2D eigenvalue weighted by Crippen LogP contribution is 2.30. The van der Waals surface area contributed by atoms with Crippen LogP contribution >= 0.6 is 15.9 Å². The first kappa shape index (κ1) is 18.9. The van der Waals surface area contributed by atoms with Crippen molar-refractivity contribution in [2.24, 2.45) is 0 Å². The van der Waals surface area contributed by atoms with Crippen molar-refractivity contribution in [3.05, 3.63) is 58.6 Å². The number of nitrogens with one attached hydrogen (secondary N) is 2. The number of anilines is 1. The third-order valence-electron chi connectivity index (χ3n) is 4.35. The maximum absolute atomic E-state index is 12.9. The first-order valence-corrected chi connectivity index (χ1v) is 8.97. The van der Waals surface area contributed by atoms with Gasteiger partial charge in [0.25, 0.3) is 5.91 Å². The number of imide groups is 1. The minimum absolute atomic E-state index is 0.372. The van der Waals surface area contributed by atoms with Gasteiger partial charge in [-0.05, 0) is 42.8 Å². The van der Waals surface area contributed by atoms with E-state index in [1.54, 1.807) is 56.5 Å². The third-order valence-corrected chi connectivity index (χ3v) is 4.85. The van der Waals surface area contributed by atoms with Gasteiger partial charge >= 0.3 is 6.03 Å². The number of methoxy groups -OCH3 is 1. The summed E-state index contributed by atoms with van der Waals surface area (Å²) in [6, 6.07) is 13.3. The molecule has 27 heavy (non-hydrogen) atoms. The summed E-state index contributed by atoms with van der Waals surface area (Å²) in [5.41, 5.74) is -0.0599. The number of amides is 4. The monoisotopic (exact) mass is 431 g/mol. The molecule has 1 aliphatic heterocycles. The van der Waals surface area contributed by atoms with Gasteiger partial charge in [-0.25, -0.2) is 4.79 Å². The van der Waals surface area contributed by atoms with E-state index in [-0.39, 0.29) is 6.54 Å². The van der Waals surface area contributed by atoms with Crippen LogP contribution in [0.4, 0.5) is 10.5 Å². The van der Waals surface area contributed by atoms with Gasteiger partial charge in [0.1, 0.15) is 17.8 Å². The van der Waals surface area contributed by atoms with Crippen LogP contribution in [0, 0.1) is 0 Å². The summed E-state index contributed by atoms with van der Waals surface area (Å²) in [6.07, 6.45) is 0. The van der Waals surface area contributed by atoms with Gasteiger partial charge < -0.3 is 15.4 Å². The van der Waals surface area contributed by atoms with E-state index in [9.17, 15) is 14.4 Å². The number of urea groups is 1. The van der Waals surface area contributed by atoms with E-state index in [1.165, 1.54) is 0 Å². The van der Waals surface area contributed by atoms with Crippen LogP contribution in [0.5, 0.6) is 5.75 Å². The third kappa shape index (κ3) is 3.80. The van der Waals surface area contributed by atoms with E-state index >= 15 is 0 Å². The molecule has 2 aromatic rings. The minimum Gasteiger partial charge on any atom is -0.497 e. The number of ether oxygens (including phenoxy) is 1. The molecule has 0 radical (unpaired) electrons. The standard InChI is InChI=1S/C19H18BrN3O4/c1-19(12-6-8-15(27-2)9-7-12)17(25)23(18(26)22-19)11-16(24)21-14-5-3-4-13(20)10-14/h3-10H,11H2,1-2H3,(H,21,24)(H,22,26). The highest BCUT2D eigenvalue weighted by molar-refractivity contribution is 9.10. The van der Waals surface area contributed by atoms with E-state index in [0.717, 1.165) is 9.37 Å². The molecule has 7 nitrogen and oxygen atoms in total. The molecule has 1 aliphatic rings. The topological polar surface area (TPSA) is 87.7 Å². The Morgan fingerprint density at radius 2 is 1.93 bits per heavy atom. The van der Waals surface area contributed by atoms with Crippen LogP contribution in [-0.4, -0.2) is 36.4 Å². The second kappa shape index (κ2) is 7.40. The van der Waals surface area contributed by atoms with Crippen molar-refractivity contribution in [2.75, 3.05) is 19.0 Å². The zero-order valence-electron chi connectivity index (χ0n) is 14.8. The second-order valence-electron chi connectivity index (χ2n) is 6.23. The van der Waals surface area contributed by atoms with Gasteiger partial charge in [-0.3, -0.25) is 14.5 Å². The van der Waals surface area contributed by atoms with Gasteiger partial charge in [0.15, 0.2) is 0 Å². The molecule has 1 saturated heterocycles. The molecular weight excluding hydrogens is 414 g/mol. The molecule has 1 unspecified atom stereocenters. The molecule has 0 saturated carbocycles. The minimum atomic E-state index is -1.24. The summed E-state index contributed by atoms with van der Waals surface area (Å²) in [4.78, 5) is 38.4. The van der Waals surface area contributed by atoms with Crippen LogP contribution in [0.25, 0.3) is 0 Å². The Hall–Kier alpha value is -2.87. The Morgan fingerprint density at radius 1 is 1.22 bits per heavy atom. The first-order valence-electron chi connectivity index (χ1n) is 8.17. The number of nitrogens with zero attached hydrogens (tertiary/aromatic N) is 1. The fourth-order valence-corrected chi connectivity index (χ4v) is 3.27. The number of rotatable bonds is 5.